The highest BCUT2D eigenvalue weighted by molar-refractivity contribution is 9.08. The first-order chi connectivity index (χ1) is 17.7. The summed E-state index contributed by atoms with van der Waals surface area (Å²) < 4.78 is 4.49. The van der Waals surface area contributed by atoms with E-state index in [2.05, 4.69) is 37.3 Å². The number of phenols is 1. The standard InChI is InChI=1S/C31H42BrN3O3/c1-9-10-21-17-35(28(34-32)26(21)19-11-13-20(14-12-19)29(38)33-8)18-25(36)22-15-23(30(2,3)4)27(37)24(16-22)31(5,6)7/h11-16,21,26,37H,9-10,17-18H2,1-8H3,(H,33,38). The summed E-state index contributed by atoms with van der Waals surface area (Å²) in [6.45, 7) is 15.4. The minimum absolute atomic E-state index is 0.000475. The van der Waals surface area contributed by atoms with E-state index in [-0.39, 0.29) is 40.7 Å². The molecule has 1 saturated heterocycles. The predicted molar refractivity (Wildman–Crippen MR) is 159 cm³/mol. The van der Waals surface area contributed by atoms with Crippen LogP contribution in [0.5, 0.6) is 5.75 Å². The van der Waals surface area contributed by atoms with Crippen molar-refractivity contribution in [3.8, 4) is 5.75 Å². The van der Waals surface area contributed by atoms with E-state index in [1.807, 2.05) is 77.9 Å². The molecule has 1 heterocycles. The number of phenolic OH excluding ortho intramolecular Hbond substituents is 1. The fraction of sp³-hybridized carbons (Fsp3) is 0.516. The number of amidine groups is 1. The molecule has 2 aromatic rings. The second-order valence-corrected chi connectivity index (χ2v) is 12.7. The third-order valence-corrected chi connectivity index (χ3v) is 7.78. The summed E-state index contributed by atoms with van der Waals surface area (Å²) in [6, 6.07) is 11.4. The lowest BCUT2D eigenvalue weighted by Crippen LogP contribution is -2.32. The fourth-order valence-electron chi connectivity index (χ4n) is 5.38. The lowest BCUT2D eigenvalue weighted by Gasteiger charge is -2.28. The molecule has 1 aliphatic heterocycles. The molecule has 38 heavy (non-hydrogen) atoms. The number of benzene rings is 2. The van der Waals surface area contributed by atoms with E-state index < -0.39 is 0 Å². The summed E-state index contributed by atoms with van der Waals surface area (Å²) in [5.41, 5.74) is 3.24. The minimum atomic E-state index is -0.311. The molecule has 1 amide bonds. The third kappa shape index (κ3) is 6.31. The van der Waals surface area contributed by atoms with Crippen molar-refractivity contribution in [2.75, 3.05) is 20.1 Å². The Morgan fingerprint density at radius 2 is 1.58 bits per heavy atom. The SMILES string of the molecule is CCCC1CN(CC(=O)c2cc(C(C)(C)C)c(O)c(C(C)(C)C)c2)C(=NBr)C1c1ccc(C(=O)NC)cc1. The van der Waals surface area contributed by atoms with Crippen LogP contribution in [0.4, 0.5) is 0 Å². The molecule has 0 radical (unpaired) electrons. The molecule has 0 aromatic heterocycles. The summed E-state index contributed by atoms with van der Waals surface area (Å²) in [5.74, 6) is 1.30. The smallest absolute Gasteiger partial charge is 0.251 e. The van der Waals surface area contributed by atoms with E-state index in [1.54, 1.807) is 7.05 Å². The van der Waals surface area contributed by atoms with Crippen molar-refractivity contribution in [3.63, 3.8) is 0 Å². The number of hydrogen-bond acceptors (Lipinski definition) is 4. The minimum Gasteiger partial charge on any atom is -0.507 e. The molecule has 3 rings (SSSR count). The molecule has 6 nitrogen and oxygen atoms in total. The van der Waals surface area contributed by atoms with Crippen LogP contribution in [0.3, 0.4) is 0 Å². The highest BCUT2D eigenvalue weighted by Crippen LogP contribution is 2.41. The first kappa shape index (κ1) is 29.9. The van der Waals surface area contributed by atoms with Crippen LogP contribution in [0.2, 0.25) is 0 Å². The van der Waals surface area contributed by atoms with E-state index in [0.717, 1.165) is 41.9 Å². The first-order valence-electron chi connectivity index (χ1n) is 13.4. The maximum atomic E-state index is 13.8. The van der Waals surface area contributed by atoms with Crippen molar-refractivity contribution in [1.29, 1.82) is 0 Å². The van der Waals surface area contributed by atoms with Gasteiger partial charge in [0.05, 0.1) is 22.7 Å². The summed E-state index contributed by atoms with van der Waals surface area (Å²) >= 11 is 3.35. The average Bonchev–Trinajstić information content (AvgIpc) is 3.18. The molecular formula is C31H42BrN3O3. The lowest BCUT2D eigenvalue weighted by atomic mass is 9.78. The van der Waals surface area contributed by atoms with Crippen LogP contribution in [0.15, 0.2) is 40.4 Å². The molecule has 206 valence electrons. The monoisotopic (exact) mass is 583 g/mol. The van der Waals surface area contributed by atoms with Crippen LogP contribution < -0.4 is 5.32 Å². The van der Waals surface area contributed by atoms with Crippen LogP contribution >= 0.6 is 16.1 Å². The topological polar surface area (TPSA) is 82.0 Å². The number of Topliss-reactive ketones (excluding diaryl/α,β-unsaturated/α-hetero) is 1. The van der Waals surface area contributed by atoms with Crippen molar-refractivity contribution in [2.45, 2.75) is 78.1 Å². The largest absolute Gasteiger partial charge is 0.507 e. The highest BCUT2D eigenvalue weighted by atomic mass is 79.9. The predicted octanol–water partition coefficient (Wildman–Crippen LogP) is 6.75. The van der Waals surface area contributed by atoms with Gasteiger partial charge in [0, 0.05) is 41.8 Å². The van der Waals surface area contributed by atoms with Crippen molar-refractivity contribution in [2.24, 2.45) is 9.94 Å². The fourth-order valence-corrected chi connectivity index (χ4v) is 5.83. The van der Waals surface area contributed by atoms with E-state index in [1.165, 1.54) is 0 Å². The molecule has 0 aliphatic carbocycles. The zero-order valence-corrected chi connectivity index (χ0v) is 25.6. The average molecular weight is 585 g/mol. The second-order valence-electron chi connectivity index (χ2n) is 12.4. The van der Waals surface area contributed by atoms with Crippen LogP contribution in [-0.4, -0.2) is 47.7 Å². The third-order valence-electron chi connectivity index (χ3n) is 7.42. The summed E-state index contributed by atoms with van der Waals surface area (Å²) in [7, 11) is 1.62. The van der Waals surface area contributed by atoms with Gasteiger partial charge in [-0.1, -0.05) is 67.0 Å². The van der Waals surface area contributed by atoms with Gasteiger partial charge in [0.1, 0.15) is 11.6 Å². The van der Waals surface area contributed by atoms with Gasteiger partial charge in [-0.2, -0.15) is 4.02 Å². The van der Waals surface area contributed by atoms with Gasteiger partial charge < -0.3 is 15.3 Å². The molecule has 2 aromatic carbocycles. The summed E-state index contributed by atoms with van der Waals surface area (Å²) in [6.07, 6.45) is 2.02. The maximum Gasteiger partial charge on any atom is 0.251 e. The number of aromatic hydroxyl groups is 1. The molecule has 2 unspecified atom stereocenters. The Bertz CT molecular complexity index is 1170. The van der Waals surface area contributed by atoms with Gasteiger partial charge in [-0.3, -0.25) is 9.59 Å². The van der Waals surface area contributed by atoms with Crippen LogP contribution in [0.25, 0.3) is 0 Å². The molecule has 0 bridgehead atoms. The van der Waals surface area contributed by atoms with E-state index in [0.29, 0.717) is 17.0 Å². The van der Waals surface area contributed by atoms with Gasteiger partial charge >= 0.3 is 0 Å². The number of ketones is 1. The Morgan fingerprint density at radius 1 is 1.03 bits per heavy atom. The van der Waals surface area contributed by atoms with Gasteiger partial charge in [0.2, 0.25) is 0 Å². The molecule has 2 N–H and O–H groups in total. The summed E-state index contributed by atoms with van der Waals surface area (Å²) in [5, 5.41) is 13.7. The lowest BCUT2D eigenvalue weighted by molar-refractivity contribution is 0.0955. The maximum absolute atomic E-state index is 13.8. The van der Waals surface area contributed by atoms with Crippen LogP contribution in [0.1, 0.15) is 105 Å². The number of carbonyl (C=O) groups excluding carboxylic acids is 2. The number of nitrogens with one attached hydrogen (secondary N) is 1. The van der Waals surface area contributed by atoms with E-state index >= 15 is 0 Å². The second kappa shape index (κ2) is 11.6. The van der Waals surface area contributed by atoms with Gasteiger partial charge in [-0.25, -0.2) is 0 Å². The van der Waals surface area contributed by atoms with Crippen molar-refractivity contribution in [3.05, 3.63) is 64.2 Å². The number of likely N-dealkylation sites (tertiary alicyclic amines) is 1. The zero-order chi connectivity index (χ0) is 28.4. The Hall–Kier alpha value is -2.67. The van der Waals surface area contributed by atoms with Crippen LogP contribution in [-0.2, 0) is 10.8 Å². The Labute approximate surface area is 236 Å². The van der Waals surface area contributed by atoms with Crippen molar-refractivity contribution in [1.82, 2.24) is 10.2 Å². The Kier molecular flexibility index (Phi) is 9.12. The molecule has 1 fully saturated rings. The van der Waals surface area contributed by atoms with Gasteiger partial charge in [0.15, 0.2) is 5.78 Å². The normalized spacial score (nSPS) is 19.2. The highest BCUT2D eigenvalue weighted by Gasteiger charge is 2.40. The van der Waals surface area contributed by atoms with Gasteiger partial charge in [0.25, 0.3) is 5.91 Å². The number of halogens is 1. The van der Waals surface area contributed by atoms with Gasteiger partial charge in [-0.15, -0.1) is 0 Å². The number of carbonyl (C=O) groups is 2. The Morgan fingerprint density at radius 3 is 2.03 bits per heavy atom. The number of nitrogens with zero attached hydrogens (tertiary/aromatic N) is 2. The molecule has 2 atom stereocenters. The quantitative estimate of drug-likeness (QED) is 0.353. The summed E-state index contributed by atoms with van der Waals surface area (Å²) in [4.78, 5) is 27.9. The molecule has 0 spiro atoms. The molecular weight excluding hydrogens is 542 g/mol. The van der Waals surface area contributed by atoms with Crippen molar-refractivity contribution < 1.29 is 14.7 Å². The van der Waals surface area contributed by atoms with E-state index in [4.69, 9.17) is 0 Å². The molecule has 7 heteroatoms. The number of amides is 1. The first-order valence-corrected chi connectivity index (χ1v) is 14.1. The Balaban J connectivity index is 1.96. The molecule has 0 saturated carbocycles. The van der Waals surface area contributed by atoms with Crippen LogP contribution in [0, 0.1) is 5.92 Å². The number of hydrogen-bond donors (Lipinski definition) is 2. The van der Waals surface area contributed by atoms with Crippen molar-refractivity contribution >= 4 is 33.7 Å². The number of rotatable bonds is 7. The zero-order valence-electron chi connectivity index (χ0n) is 24.0. The molecule has 1 aliphatic rings. The van der Waals surface area contributed by atoms with E-state index in [9.17, 15) is 14.7 Å². The van der Waals surface area contributed by atoms with Gasteiger partial charge in [-0.05, 0) is 53.0 Å².